The molecule has 0 saturated carbocycles. The highest BCUT2D eigenvalue weighted by atomic mass is 16.5. The largest absolute Gasteiger partial charge is 0.493 e. The molecule has 0 bridgehead atoms. The van der Waals surface area contributed by atoms with Crippen molar-refractivity contribution < 1.29 is 33.5 Å². The first kappa shape index (κ1) is 20.5. The van der Waals surface area contributed by atoms with Crippen molar-refractivity contribution >= 4 is 0 Å². The van der Waals surface area contributed by atoms with E-state index in [1.165, 1.54) is 0 Å². The van der Waals surface area contributed by atoms with Crippen molar-refractivity contribution in [3.63, 3.8) is 0 Å². The van der Waals surface area contributed by atoms with Crippen LogP contribution in [0.1, 0.15) is 5.56 Å². The van der Waals surface area contributed by atoms with Crippen LogP contribution in [0.4, 0.5) is 0 Å². The van der Waals surface area contributed by atoms with E-state index in [2.05, 4.69) is 0 Å². The number of rotatable bonds is 10. The minimum absolute atomic E-state index is 0.197. The zero-order chi connectivity index (χ0) is 19.8. The number of aliphatic hydroxyl groups excluding tert-OH is 1. The topological polar surface area (TPSA) is 75.6 Å². The Hall–Kier alpha value is -2.80. The van der Waals surface area contributed by atoms with Gasteiger partial charge in [-0.05, 0) is 29.8 Å². The van der Waals surface area contributed by atoms with Gasteiger partial charge in [-0.3, -0.25) is 0 Å². The van der Waals surface area contributed by atoms with Crippen LogP contribution in [-0.2, 0) is 6.42 Å². The maximum absolute atomic E-state index is 9.84. The third-order valence-corrected chi connectivity index (χ3v) is 4.06. The first-order valence-electron chi connectivity index (χ1n) is 8.39. The average molecular weight is 378 g/mol. The van der Waals surface area contributed by atoms with Crippen LogP contribution in [0.2, 0.25) is 0 Å². The van der Waals surface area contributed by atoms with Gasteiger partial charge < -0.3 is 33.5 Å². The summed E-state index contributed by atoms with van der Waals surface area (Å²) in [6.07, 6.45) is -0.118. The highest BCUT2D eigenvalue weighted by molar-refractivity contribution is 5.54. The molecule has 2 aromatic carbocycles. The molecule has 0 aliphatic rings. The van der Waals surface area contributed by atoms with Gasteiger partial charge in [0.05, 0.1) is 42.2 Å². The molecule has 7 nitrogen and oxygen atoms in total. The third kappa shape index (κ3) is 4.68. The Morgan fingerprint density at radius 2 is 1.26 bits per heavy atom. The monoisotopic (exact) mass is 378 g/mol. The molecule has 1 unspecified atom stereocenters. The van der Waals surface area contributed by atoms with Gasteiger partial charge in [0, 0.05) is 6.42 Å². The van der Waals surface area contributed by atoms with E-state index in [9.17, 15) is 5.11 Å². The normalized spacial score (nSPS) is 11.5. The zero-order valence-electron chi connectivity index (χ0n) is 16.3. The van der Waals surface area contributed by atoms with E-state index in [4.69, 9.17) is 28.4 Å². The minimum atomic E-state index is -0.530. The molecule has 27 heavy (non-hydrogen) atoms. The smallest absolute Gasteiger partial charge is 0.203 e. The van der Waals surface area contributed by atoms with Gasteiger partial charge in [-0.1, -0.05) is 6.07 Å². The fraction of sp³-hybridized carbons (Fsp3) is 0.400. The predicted molar refractivity (Wildman–Crippen MR) is 101 cm³/mol. The van der Waals surface area contributed by atoms with E-state index in [0.29, 0.717) is 40.9 Å². The summed E-state index contributed by atoms with van der Waals surface area (Å²) in [5.41, 5.74) is 0.859. The maximum atomic E-state index is 9.84. The van der Waals surface area contributed by atoms with Gasteiger partial charge in [0.2, 0.25) is 11.5 Å². The fourth-order valence-corrected chi connectivity index (χ4v) is 2.76. The summed E-state index contributed by atoms with van der Waals surface area (Å²) in [4.78, 5) is 0. The van der Waals surface area contributed by atoms with Crippen molar-refractivity contribution in [1.29, 1.82) is 0 Å². The van der Waals surface area contributed by atoms with Crippen molar-refractivity contribution in [3.8, 4) is 34.5 Å². The number of methoxy groups -OCH3 is 5. The molecule has 0 saturated heterocycles. The molecule has 1 N–H and O–H groups in total. The quantitative estimate of drug-likeness (QED) is 0.681. The number of aliphatic hydroxyl groups is 1. The maximum Gasteiger partial charge on any atom is 0.203 e. The molecule has 0 fully saturated rings. The van der Waals surface area contributed by atoms with Crippen LogP contribution < -0.4 is 28.4 Å². The second-order valence-electron chi connectivity index (χ2n) is 5.65. The van der Waals surface area contributed by atoms with Crippen LogP contribution in [0.5, 0.6) is 34.5 Å². The Kier molecular flexibility index (Phi) is 7.43. The van der Waals surface area contributed by atoms with Gasteiger partial charge in [-0.2, -0.15) is 0 Å². The summed E-state index contributed by atoms with van der Waals surface area (Å²) in [6.45, 7) is -0.197. The Bertz CT molecular complexity index is 698. The van der Waals surface area contributed by atoms with Gasteiger partial charge in [0.1, 0.15) is 6.10 Å². The summed E-state index contributed by atoms with van der Waals surface area (Å²) < 4.78 is 32.8. The molecular formula is C20H26O7. The first-order chi connectivity index (χ1) is 13.1. The van der Waals surface area contributed by atoms with E-state index < -0.39 is 6.10 Å². The van der Waals surface area contributed by atoms with Crippen molar-refractivity contribution in [2.75, 3.05) is 42.2 Å². The van der Waals surface area contributed by atoms with E-state index >= 15 is 0 Å². The van der Waals surface area contributed by atoms with E-state index in [1.807, 2.05) is 12.1 Å². The lowest BCUT2D eigenvalue weighted by atomic mass is 10.1. The first-order valence-corrected chi connectivity index (χ1v) is 8.39. The van der Waals surface area contributed by atoms with Gasteiger partial charge >= 0.3 is 0 Å². The molecule has 7 heteroatoms. The number of hydrogen-bond donors (Lipinski definition) is 1. The minimum Gasteiger partial charge on any atom is -0.493 e. The van der Waals surface area contributed by atoms with Crippen LogP contribution in [0.25, 0.3) is 0 Å². The molecule has 1 atom stereocenters. The second-order valence-corrected chi connectivity index (χ2v) is 5.65. The van der Waals surface area contributed by atoms with Crippen molar-refractivity contribution in [3.05, 3.63) is 35.9 Å². The van der Waals surface area contributed by atoms with Gasteiger partial charge in [-0.25, -0.2) is 0 Å². The molecule has 148 valence electrons. The number of ether oxygens (including phenoxy) is 6. The van der Waals surface area contributed by atoms with Gasteiger partial charge in [-0.15, -0.1) is 0 Å². The highest BCUT2D eigenvalue weighted by Crippen LogP contribution is 2.40. The zero-order valence-corrected chi connectivity index (χ0v) is 16.3. The SMILES string of the molecule is COc1cc(CC(CO)Oc2c(OC)cccc2OC)cc(OC)c1OC. The molecular weight excluding hydrogens is 352 g/mol. The van der Waals surface area contributed by atoms with Gasteiger partial charge in [0.25, 0.3) is 0 Å². The van der Waals surface area contributed by atoms with Crippen LogP contribution in [0, 0.1) is 0 Å². The van der Waals surface area contributed by atoms with Crippen LogP contribution in [-0.4, -0.2) is 53.4 Å². The molecule has 0 aliphatic heterocycles. The van der Waals surface area contributed by atoms with Crippen LogP contribution in [0.3, 0.4) is 0 Å². The van der Waals surface area contributed by atoms with E-state index in [1.54, 1.807) is 53.7 Å². The van der Waals surface area contributed by atoms with Gasteiger partial charge in [0.15, 0.2) is 23.0 Å². The molecule has 0 heterocycles. The molecule has 0 amide bonds. The van der Waals surface area contributed by atoms with Crippen LogP contribution in [0.15, 0.2) is 30.3 Å². The molecule has 0 spiro atoms. The Morgan fingerprint density at radius 1 is 0.741 bits per heavy atom. The predicted octanol–water partition coefficient (Wildman–Crippen LogP) is 2.71. The number of benzene rings is 2. The van der Waals surface area contributed by atoms with Crippen molar-refractivity contribution in [1.82, 2.24) is 0 Å². The van der Waals surface area contributed by atoms with E-state index in [-0.39, 0.29) is 6.61 Å². The molecule has 2 rings (SSSR count). The summed E-state index contributed by atoms with van der Waals surface area (Å²) >= 11 is 0. The van der Waals surface area contributed by atoms with Crippen molar-refractivity contribution in [2.24, 2.45) is 0 Å². The molecule has 0 radical (unpaired) electrons. The second kappa shape index (κ2) is 9.78. The molecule has 0 aliphatic carbocycles. The lowest BCUT2D eigenvalue weighted by Gasteiger charge is -2.21. The number of para-hydroxylation sites is 1. The molecule has 2 aromatic rings. The summed E-state index contributed by atoms with van der Waals surface area (Å²) in [6, 6.07) is 8.99. The Morgan fingerprint density at radius 3 is 1.67 bits per heavy atom. The number of hydrogen-bond acceptors (Lipinski definition) is 7. The average Bonchev–Trinajstić information content (AvgIpc) is 2.72. The standard InChI is InChI=1S/C20H26O7/c1-22-15-7-6-8-16(23-2)20(15)27-14(12-21)9-13-10-17(24-3)19(26-5)18(11-13)25-4/h6-8,10-11,14,21H,9,12H2,1-5H3. The lowest BCUT2D eigenvalue weighted by Crippen LogP contribution is -2.24. The fourth-order valence-electron chi connectivity index (χ4n) is 2.76. The molecule has 0 aromatic heterocycles. The van der Waals surface area contributed by atoms with E-state index in [0.717, 1.165) is 5.56 Å². The lowest BCUT2D eigenvalue weighted by molar-refractivity contribution is 0.109. The van der Waals surface area contributed by atoms with Crippen LogP contribution >= 0.6 is 0 Å². The van der Waals surface area contributed by atoms with Crippen molar-refractivity contribution in [2.45, 2.75) is 12.5 Å². The third-order valence-electron chi connectivity index (χ3n) is 4.06. The summed E-state index contributed by atoms with van der Waals surface area (Å²) in [5.74, 6) is 3.08. The Labute approximate surface area is 159 Å². The summed E-state index contributed by atoms with van der Waals surface area (Å²) in [5, 5.41) is 9.84. The Balaban J connectivity index is 2.31. The highest BCUT2D eigenvalue weighted by Gasteiger charge is 2.20. The summed E-state index contributed by atoms with van der Waals surface area (Å²) in [7, 11) is 7.76.